The standard InChI is InChI=1S/C30H33N5O5/c1-20-10-12-21(13-11-20)29(30(37)31-18-23-7-6-16-40-23)35(22-14-15-26(38-2)27(17-22)39-3)28(36)19-34-25-9-5-4-8-24(25)32-33-34/h4-5,8-15,17,23,29H,6-7,16,18-19H2,1-3H3,(H,31,37)/t23-,29+/m1/s1. The molecule has 1 saturated heterocycles. The summed E-state index contributed by atoms with van der Waals surface area (Å²) in [7, 11) is 3.07. The number of anilines is 1. The number of aryl methyl sites for hydroxylation is 1. The molecule has 0 radical (unpaired) electrons. The lowest BCUT2D eigenvalue weighted by molar-refractivity contribution is -0.127. The lowest BCUT2D eigenvalue weighted by Crippen LogP contribution is -2.46. The number of methoxy groups -OCH3 is 2. The molecule has 10 heteroatoms. The molecule has 1 aliphatic rings. The number of nitrogens with one attached hydrogen (secondary N) is 1. The Labute approximate surface area is 232 Å². The summed E-state index contributed by atoms with van der Waals surface area (Å²) >= 11 is 0. The van der Waals surface area contributed by atoms with Gasteiger partial charge in [0.1, 0.15) is 18.1 Å². The molecule has 4 aromatic rings. The maximum Gasteiger partial charge on any atom is 0.249 e. The van der Waals surface area contributed by atoms with Crippen LogP contribution in [0.4, 0.5) is 5.69 Å². The molecule has 0 unspecified atom stereocenters. The molecular weight excluding hydrogens is 510 g/mol. The fourth-order valence-corrected chi connectivity index (χ4v) is 4.93. The van der Waals surface area contributed by atoms with Gasteiger partial charge in [-0.25, -0.2) is 4.68 Å². The SMILES string of the molecule is COc1ccc(N(C(=O)Cn2nnc3ccccc32)[C@H](C(=O)NC[C@H]2CCCO2)c2ccc(C)cc2)cc1OC. The van der Waals surface area contributed by atoms with Gasteiger partial charge >= 0.3 is 0 Å². The Morgan fingerprint density at radius 3 is 2.58 bits per heavy atom. The zero-order chi connectivity index (χ0) is 28.1. The highest BCUT2D eigenvalue weighted by molar-refractivity contribution is 6.01. The molecule has 3 aromatic carbocycles. The summed E-state index contributed by atoms with van der Waals surface area (Å²) in [6.45, 7) is 2.90. The topological polar surface area (TPSA) is 108 Å². The molecule has 10 nitrogen and oxygen atoms in total. The summed E-state index contributed by atoms with van der Waals surface area (Å²) < 4.78 is 18.2. The second kappa shape index (κ2) is 12.2. The number of para-hydroxylation sites is 1. The van der Waals surface area contributed by atoms with Gasteiger partial charge in [-0.1, -0.05) is 47.2 Å². The molecule has 2 heterocycles. The molecule has 1 aromatic heterocycles. The first kappa shape index (κ1) is 27.1. The molecule has 0 saturated carbocycles. The number of hydrogen-bond donors (Lipinski definition) is 1. The average molecular weight is 544 g/mol. The fourth-order valence-electron chi connectivity index (χ4n) is 4.93. The van der Waals surface area contributed by atoms with Crippen molar-refractivity contribution < 1.29 is 23.8 Å². The monoisotopic (exact) mass is 543 g/mol. The van der Waals surface area contributed by atoms with Crippen LogP contribution >= 0.6 is 0 Å². The van der Waals surface area contributed by atoms with Gasteiger partial charge in [0.2, 0.25) is 11.8 Å². The van der Waals surface area contributed by atoms with E-state index in [-0.39, 0.29) is 24.5 Å². The number of fused-ring (bicyclic) bond motifs is 1. The molecule has 1 N–H and O–H groups in total. The normalized spacial score (nSPS) is 15.5. The maximum atomic E-state index is 14.2. The first-order chi connectivity index (χ1) is 19.5. The van der Waals surface area contributed by atoms with Gasteiger partial charge in [0.05, 0.1) is 25.8 Å². The van der Waals surface area contributed by atoms with Crippen LogP contribution in [0.15, 0.2) is 66.7 Å². The van der Waals surface area contributed by atoms with Gasteiger partial charge in [-0.3, -0.25) is 14.5 Å². The van der Waals surface area contributed by atoms with Gasteiger partial charge in [0, 0.05) is 24.9 Å². The number of carbonyl (C=O) groups excluding carboxylic acids is 2. The quantitative estimate of drug-likeness (QED) is 0.324. The smallest absolute Gasteiger partial charge is 0.249 e. The third-order valence-electron chi connectivity index (χ3n) is 7.05. The van der Waals surface area contributed by atoms with Crippen molar-refractivity contribution in [3.8, 4) is 11.5 Å². The van der Waals surface area contributed by atoms with E-state index < -0.39 is 6.04 Å². The number of rotatable bonds is 10. The van der Waals surface area contributed by atoms with Crippen LogP contribution in [0, 0.1) is 6.92 Å². The van der Waals surface area contributed by atoms with E-state index in [9.17, 15) is 9.59 Å². The molecule has 40 heavy (non-hydrogen) atoms. The van der Waals surface area contributed by atoms with Crippen molar-refractivity contribution in [3.05, 3.63) is 77.9 Å². The van der Waals surface area contributed by atoms with Crippen molar-refractivity contribution in [1.82, 2.24) is 20.3 Å². The lowest BCUT2D eigenvalue weighted by atomic mass is 10.0. The van der Waals surface area contributed by atoms with E-state index >= 15 is 0 Å². The summed E-state index contributed by atoms with van der Waals surface area (Å²) in [5, 5.41) is 11.4. The van der Waals surface area contributed by atoms with Crippen LogP contribution in [0.3, 0.4) is 0 Å². The van der Waals surface area contributed by atoms with Crippen LogP contribution in [0.25, 0.3) is 11.0 Å². The lowest BCUT2D eigenvalue weighted by Gasteiger charge is -2.32. The number of ether oxygens (including phenoxy) is 3. The fraction of sp³-hybridized carbons (Fsp3) is 0.333. The molecule has 0 aliphatic carbocycles. The summed E-state index contributed by atoms with van der Waals surface area (Å²) in [5.41, 5.74) is 3.59. The second-order valence-corrected chi connectivity index (χ2v) is 9.73. The van der Waals surface area contributed by atoms with Crippen LogP contribution in [0.1, 0.15) is 30.0 Å². The van der Waals surface area contributed by atoms with Crippen LogP contribution < -0.4 is 19.7 Å². The van der Waals surface area contributed by atoms with Gasteiger partial charge in [-0.05, 0) is 49.6 Å². The minimum atomic E-state index is -0.970. The van der Waals surface area contributed by atoms with E-state index in [4.69, 9.17) is 14.2 Å². The largest absolute Gasteiger partial charge is 0.493 e. The van der Waals surface area contributed by atoms with Crippen LogP contribution in [-0.4, -0.2) is 60.3 Å². The Morgan fingerprint density at radius 1 is 1.07 bits per heavy atom. The van der Waals surface area contributed by atoms with E-state index in [0.29, 0.717) is 41.4 Å². The van der Waals surface area contributed by atoms with Gasteiger partial charge in [-0.15, -0.1) is 5.10 Å². The maximum absolute atomic E-state index is 14.2. The van der Waals surface area contributed by atoms with Crippen LogP contribution in [0.5, 0.6) is 11.5 Å². The van der Waals surface area contributed by atoms with Crippen LogP contribution in [-0.2, 0) is 20.9 Å². The van der Waals surface area contributed by atoms with Crippen molar-refractivity contribution in [2.24, 2.45) is 0 Å². The molecule has 0 spiro atoms. The van der Waals surface area contributed by atoms with E-state index in [2.05, 4.69) is 15.6 Å². The predicted molar refractivity (Wildman–Crippen MR) is 150 cm³/mol. The third kappa shape index (κ3) is 5.76. The van der Waals surface area contributed by atoms with Gasteiger partial charge in [0.25, 0.3) is 0 Å². The summed E-state index contributed by atoms with van der Waals surface area (Å²) in [6, 6.07) is 19.2. The van der Waals surface area contributed by atoms with E-state index in [1.807, 2.05) is 55.5 Å². The highest BCUT2D eigenvalue weighted by atomic mass is 16.5. The highest BCUT2D eigenvalue weighted by Gasteiger charge is 2.34. The van der Waals surface area contributed by atoms with Crippen molar-refractivity contribution in [1.29, 1.82) is 0 Å². The Balaban J connectivity index is 1.57. The zero-order valence-electron chi connectivity index (χ0n) is 22.9. The Morgan fingerprint density at radius 2 is 1.85 bits per heavy atom. The van der Waals surface area contributed by atoms with E-state index in [1.54, 1.807) is 30.0 Å². The molecule has 208 valence electrons. The molecule has 1 aliphatic heterocycles. The number of aromatic nitrogens is 3. The molecule has 0 bridgehead atoms. The number of hydrogen-bond acceptors (Lipinski definition) is 7. The van der Waals surface area contributed by atoms with Crippen molar-refractivity contribution >= 4 is 28.5 Å². The van der Waals surface area contributed by atoms with Crippen molar-refractivity contribution in [3.63, 3.8) is 0 Å². The van der Waals surface area contributed by atoms with Gasteiger partial charge in [0.15, 0.2) is 11.5 Å². The summed E-state index contributed by atoms with van der Waals surface area (Å²) in [5.74, 6) is 0.286. The first-order valence-electron chi connectivity index (χ1n) is 13.3. The number of carbonyl (C=O) groups is 2. The number of nitrogens with zero attached hydrogens (tertiary/aromatic N) is 4. The highest BCUT2D eigenvalue weighted by Crippen LogP contribution is 2.36. The van der Waals surface area contributed by atoms with E-state index in [0.717, 1.165) is 23.9 Å². The van der Waals surface area contributed by atoms with Crippen molar-refractivity contribution in [2.75, 3.05) is 32.3 Å². The summed E-state index contributed by atoms with van der Waals surface area (Å²) in [6.07, 6.45) is 1.80. The molecular formula is C30H33N5O5. The van der Waals surface area contributed by atoms with Gasteiger partial charge < -0.3 is 19.5 Å². The minimum absolute atomic E-state index is 0.0469. The Bertz CT molecular complexity index is 1480. The third-order valence-corrected chi connectivity index (χ3v) is 7.05. The Hall–Kier alpha value is -4.44. The molecule has 1 fully saturated rings. The number of benzene rings is 3. The van der Waals surface area contributed by atoms with Gasteiger partial charge in [-0.2, -0.15) is 0 Å². The minimum Gasteiger partial charge on any atom is -0.493 e. The summed E-state index contributed by atoms with van der Waals surface area (Å²) in [4.78, 5) is 29.7. The first-order valence-corrected chi connectivity index (χ1v) is 13.3. The van der Waals surface area contributed by atoms with E-state index in [1.165, 1.54) is 12.0 Å². The van der Waals surface area contributed by atoms with Crippen LogP contribution in [0.2, 0.25) is 0 Å². The molecule has 2 amide bonds. The Kier molecular flexibility index (Phi) is 8.26. The zero-order valence-corrected chi connectivity index (χ0v) is 22.9. The average Bonchev–Trinajstić information content (AvgIpc) is 3.65. The second-order valence-electron chi connectivity index (χ2n) is 9.73. The van der Waals surface area contributed by atoms with Crippen molar-refractivity contribution in [2.45, 2.75) is 38.5 Å². The molecule has 5 rings (SSSR count). The molecule has 2 atom stereocenters. The number of amides is 2. The predicted octanol–water partition coefficient (Wildman–Crippen LogP) is 3.83.